The van der Waals surface area contributed by atoms with Crippen molar-refractivity contribution in [2.45, 2.75) is 19.3 Å². The van der Waals surface area contributed by atoms with E-state index in [1.54, 1.807) is 7.11 Å². The number of aromatic nitrogens is 4. The van der Waals surface area contributed by atoms with Crippen LogP contribution in [-0.2, 0) is 17.3 Å². The second-order valence-corrected chi connectivity index (χ2v) is 7.56. The molecule has 0 aliphatic carbocycles. The van der Waals surface area contributed by atoms with Crippen LogP contribution in [0.5, 0.6) is 6.01 Å². The zero-order chi connectivity index (χ0) is 18.0. The van der Waals surface area contributed by atoms with Gasteiger partial charge in [-0.25, -0.2) is 19.8 Å². The molecule has 0 amide bonds. The van der Waals surface area contributed by atoms with Crippen LogP contribution in [0.4, 0.5) is 5.82 Å². The molecule has 3 rings (SSSR count). The highest BCUT2D eigenvalue weighted by molar-refractivity contribution is 7.87. The Morgan fingerprint density at radius 2 is 2.08 bits per heavy atom. The number of nitrogens with two attached hydrogens (primary N) is 1. The third-order valence-electron chi connectivity index (χ3n) is 4.56. The number of anilines is 1. The molecule has 11 heteroatoms. The molecule has 1 aliphatic rings. The van der Waals surface area contributed by atoms with Crippen LogP contribution in [0.25, 0.3) is 11.2 Å². The van der Waals surface area contributed by atoms with Gasteiger partial charge in [0.15, 0.2) is 11.5 Å². The van der Waals surface area contributed by atoms with E-state index in [0.29, 0.717) is 24.1 Å². The van der Waals surface area contributed by atoms with E-state index in [4.69, 9.17) is 9.88 Å². The summed E-state index contributed by atoms with van der Waals surface area (Å²) in [5.41, 5.74) is 1.47. The number of rotatable bonds is 6. The predicted octanol–water partition coefficient (Wildman–Crippen LogP) is -0.228. The minimum atomic E-state index is -3.61. The molecule has 2 aromatic heterocycles. The fraction of sp³-hybridized carbons (Fsp3) is 0.643. The van der Waals surface area contributed by atoms with E-state index in [2.05, 4.69) is 24.6 Å². The third-order valence-corrected chi connectivity index (χ3v) is 5.17. The quantitative estimate of drug-likeness (QED) is 0.720. The van der Waals surface area contributed by atoms with Gasteiger partial charge in [-0.1, -0.05) is 0 Å². The first-order chi connectivity index (χ1) is 11.9. The van der Waals surface area contributed by atoms with Crippen LogP contribution < -0.4 is 19.5 Å². The highest BCUT2D eigenvalue weighted by atomic mass is 32.2. The van der Waals surface area contributed by atoms with Crippen molar-refractivity contribution in [1.82, 2.24) is 24.2 Å². The van der Waals surface area contributed by atoms with Crippen molar-refractivity contribution >= 4 is 27.2 Å². The number of imidazole rings is 1. The average Bonchev–Trinajstić information content (AvgIpc) is 2.91. The van der Waals surface area contributed by atoms with Gasteiger partial charge >= 0.3 is 0 Å². The fourth-order valence-electron chi connectivity index (χ4n) is 3.26. The Hall–Kier alpha value is -1.98. The molecular formula is C14H23N7O3S. The van der Waals surface area contributed by atoms with Crippen LogP contribution in [-0.4, -0.2) is 54.7 Å². The molecule has 0 bridgehead atoms. The fourth-order valence-corrected chi connectivity index (χ4v) is 3.66. The van der Waals surface area contributed by atoms with Gasteiger partial charge in [-0.3, -0.25) is 4.57 Å². The van der Waals surface area contributed by atoms with Gasteiger partial charge in [0.2, 0.25) is 0 Å². The van der Waals surface area contributed by atoms with Crippen LogP contribution in [0.2, 0.25) is 0 Å². The van der Waals surface area contributed by atoms with Crippen molar-refractivity contribution < 1.29 is 13.2 Å². The zero-order valence-corrected chi connectivity index (χ0v) is 15.2. The monoisotopic (exact) mass is 369 g/mol. The lowest BCUT2D eigenvalue weighted by Crippen LogP contribution is -2.37. The van der Waals surface area contributed by atoms with Crippen LogP contribution in [0.3, 0.4) is 0 Å². The minimum Gasteiger partial charge on any atom is -0.468 e. The van der Waals surface area contributed by atoms with Gasteiger partial charge in [0.25, 0.3) is 16.2 Å². The molecule has 2 aromatic rings. The summed E-state index contributed by atoms with van der Waals surface area (Å²) >= 11 is 0. The molecule has 25 heavy (non-hydrogen) atoms. The summed E-state index contributed by atoms with van der Waals surface area (Å²) in [6, 6.07) is 0.501. The Labute approximate surface area is 146 Å². The molecule has 0 atom stereocenters. The summed E-state index contributed by atoms with van der Waals surface area (Å²) in [6.45, 7) is 2.07. The van der Waals surface area contributed by atoms with Crippen molar-refractivity contribution in [3.63, 3.8) is 0 Å². The average molecular weight is 369 g/mol. The molecule has 0 unspecified atom stereocenters. The second kappa shape index (κ2) is 7.10. The molecule has 3 heterocycles. The van der Waals surface area contributed by atoms with Gasteiger partial charge in [-0.05, 0) is 25.2 Å². The first-order valence-electron chi connectivity index (χ1n) is 8.13. The lowest BCUT2D eigenvalue weighted by Gasteiger charge is -2.33. The van der Waals surface area contributed by atoms with Crippen molar-refractivity contribution in [1.29, 1.82) is 0 Å². The Bertz CT molecular complexity index is 843. The van der Waals surface area contributed by atoms with Crippen LogP contribution in [0.1, 0.15) is 19.3 Å². The first-order valence-corrected chi connectivity index (χ1v) is 9.67. The summed E-state index contributed by atoms with van der Waals surface area (Å²) in [5.74, 6) is 1.31. The van der Waals surface area contributed by atoms with E-state index in [9.17, 15) is 8.42 Å². The molecule has 0 aromatic carbocycles. The Kier molecular flexibility index (Phi) is 5.06. The number of ether oxygens (including phenoxy) is 1. The summed E-state index contributed by atoms with van der Waals surface area (Å²) < 4.78 is 31.3. The van der Waals surface area contributed by atoms with E-state index in [1.807, 2.05) is 11.6 Å². The maximum absolute atomic E-state index is 10.9. The zero-order valence-electron chi connectivity index (χ0n) is 14.3. The summed E-state index contributed by atoms with van der Waals surface area (Å²) in [6.07, 6.45) is 4.23. The number of nitrogens with zero attached hydrogens (tertiary/aromatic N) is 5. The molecule has 1 fully saturated rings. The number of hydrogen-bond donors (Lipinski definition) is 2. The van der Waals surface area contributed by atoms with E-state index < -0.39 is 10.2 Å². The summed E-state index contributed by atoms with van der Waals surface area (Å²) in [5, 5.41) is 4.95. The topological polar surface area (TPSA) is 128 Å². The molecular weight excluding hydrogens is 346 g/mol. The normalized spacial score (nSPS) is 16.5. The van der Waals surface area contributed by atoms with E-state index in [-0.39, 0.29) is 0 Å². The molecule has 10 nitrogen and oxygen atoms in total. The third kappa shape index (κ3) is 3.99. The van der Waals surface area contributed by atoms with Crippen molar-refractivity contribution in [2.24, 2.45) is 18.1 Å². The van der Waals surface area contributed by atoms with E-state index >= 15 is 0 Å². The predicted molar refractivity (Wildman–Crippen MR) is 93.5 cm³/mol. The molecule has 138 valence electrons. The molecule has 1 saturated heterocycles. The number of aryl methyl sites for hydroxylation is 1. The number of methoxy groups -OCH3 is 1. The molecule has 1 aliphatic heterocycles. The molecule has 0 radical (unpaired) electrons. The maximum atomic E-state index is 10.9. The van der Waals surface area contributed by atoms with Gasteiger partial charge in [0, 0.05) is 26.7 Å². The van der Waals surface area contributed by atoms with Crippen LogP contribution >= 0.6 is 0 Å². The molecule has 0 saturated carbocycles. The standard InChI is InChI=1S/C14H23N7O3S/c1-20-11-12(19-14(20)24-2)16-9-17-13(11)21-7-4-10(5-8-21)3-6-18-25(15,22)23/h9-10,18H,3-8H2,1-2H3,(H2,15,22,23). The summed E-state index contributed by atoms with van der Waals surface area (Å²) in [7, 11) is -0.147. The Morgan fingerprint density at radius 3 is 2.72 bits per heavy atom. The highest BCUT2D eigenvalue weighted by Crippen LogP contribution is 2.30. The van der Waals surface area contributed by atoms with Gasteiger partial charge < -0.3 is 9.64 Å². The number of fused-ring (bicyclic) bond motifs is 1. The molecule has 3 N–H and O–H groups in total. The van der Waals surface area contributed by atoms with Crippen LogP contribution in [0.15, 0.2) is 6.33 Å². The largest absolute Gasteiger partial charge is 0.468 e. The highest BCUT2D eigenvalue weighted by Gasteiger charge is 2.24. The van der Waals surface area contributed by atoms with Crippen molar-refractivity contribution in [3.8, 4) is 6.01 Å². The Morgan fingerprint density at radius 1 is 1.36 bits per heavy atom. The maximum Gasteiger partial charge on any atom is 0.298 e. The van der Waals surface area contributed by atoms with Gasteiger partial charge in [0.05, 0.1) is 7.11 Å². The van der Waals surface area contributed by atoms with Crippen LogP contribution in [0, 0.1) is 5.92 Å². The summed E-state index contributed by atoms with van der Waals surface area (Å²) in [4.78, 5) is 15.2. The Balaban J connectivity index is 1.67. The van der Waals surface area contributed by atoms with Gasteiger partial charge in [-0.2, -0.15) is 13.4 Å². The smallest absolute Gasteiger partial charge is 0.298 e. The van der Waals surface area contributed by atoms with E-state index in [0.717, 1.165) is 43.7 Å². The van der Waals surface area contributed by atoms with Gasteiger partial charge in [-0.15, -0.1) is 0 Å². The number of hydrogen-bond acceptors (Lipinski definition) is 7. The first kappa shape index (κ1) is 17.8. The molecule has 0 spiro atoms. The lowest BCUT2D eigenvalue weighted by molar-refractivity contribution is 0.368. The number of nitrogens with one attached hydrogen (secondary N) is 1. The second-order valence-electron chi connectivity index (χ2n) is 6.19. The van der Waals surface area contributed by atoms with Crippen molar-refractivity contribution in [3.05, 3.63) is 6.33 Å². The van der Waals surface area contributed by atoms with Crippen molar-refractivity contribution in [2.75, 3.05) is 31.6 Å². The van der Waals surface area contributed by atoms with Gasteiger partial charge in [0.1, 0.15) is 11.8 Å². The number of piperidine rings is 1. The minimum absolute atomic E-state index is 0.375. The van der Waals surface area contributed by atoms with E-state index in [1.165, 1.54) is 6.33 Å². The lowest BCUT2D eigenvalue weighted by atomic mass is 9.93. The SMILES string of the molecule is COc1nc2ncnc(N3CCC(CCNS(N)(=O)=O)CC3)c2n1C.